The summed E-state index contributed by atoms with van der Waals surface area (Å²) in [6, 6.07) is 15.3. The molecule has 0 unspecified atom stereocenters. The van der Waals surface area contributed by atoms with Crippen molar-refractivity contribution < 1.29 is 24.0 Å². The maximum atomic E-state index is 13.6. The minimum atomic E-state index is -0.871. The van der Waals surface area contributed by atoms with E-state index in [-0.39, 0.29) is 36.5 Å². The predicted molar refractivity (Wildman–Crippen MR) is 166 cm³/mol. The second-order valence-electron chi connectivity index (χ2n) is 10.6. The van der Waals surface area contributed by atoms with Gasteiger partial charge in [-0.1, -0.05) is 55.8 Å². The molecule has 0 fully saturated rings. The first-order chi connectivity index (χ1) is 20.8. The Balaban J connectivity index is 1.60. The highest BCUT2D eigenvalue weighted by Crippen LogP contribution is 2.13. The number of benzene rings is 2. The predicted octanol–water partition coefficient (Wildman–Crippen LogP) is 2.88. The van der Waals surface area contributed by atoms with E-state index in [1.807, 2.05) is 61.6 Å². The van der Waals surface area contributed by atoms with Crippen LogP contribution in [0.25, 0.3) is 0 Å². The fourth-order valence-corrected chi connectivity index (χ4v) is 4.79. The van der Waals surface area contributed by atoms with Crippen LogP contribution >= 0.6 is 0 Å². The van der Waals surface area contributed by atoms with Gasteiger partial charge in [-0.15, -0.1) is 0 Å². The molecule has 2 aromatic carbocycles. The van der Waals surface area contributed by atoms with Crippen molar-refractivity contribution in [2.24, 2.45) is 0 Å². The van der Waals surface area contributed by atoms with Crippen LogP contribution in [0.1, 0.15) is 56.6 Å². The van der Waals surface area contributed by atoms with Gasteiger partial charge in [0.2, 0.25) is 17.7 Å². The number of nitrogens with zero attached hydrogens (tertiary/aromatic N) is 1. The molecule has 4 N–H and O–H groups in total. The number of nitrogens with one attached hydrogen (secondary N) is 4. The van der Waals surface area contributed by atoms with Crippen molar-refractivity contribution in [3.05, 3.63) is 77.9 Å². The van der Waals surface area contributed by atoms with Gasteiger partial charge in [0.25, 0.3) is 11.8 Å². The van der Waals surface area contributed by atoms with Gasteiger partial charge in [0, 0.05) is 37.2 Å². The van der Waals surface area contributed by atoms with Gasteiger partial charge in [-0.3, -0.25) is 28.9 Å². The summed E-state index contributed by atoms with van der Waals surface area (Å²) in [6.45, 7) is 3.06. The van der Waals surface area contributed by atoms with Crippen LogP contribution in [0.2, 0.25) is 0 Å². The van der Waals surface area contributed by atoms with Gasteiger partial charge < -0.3 is 21.3 Å². The van der Waals surface area contributed by atoms with E-state index in [4.69, 9.17) is 0 Å². The van der Waals surface area contributed by atoms with Crippen molar-refractivity contribution in [2.75, 3.05) is 25.5 Å². The molecule has 1 aliphatic heterocycles. The van der Waals surface area contributed by atoms with Crippen molar-refractivity contribution in [3.63, 3.8) is 0 Å². The summed E-state index contributed by atoms with van der Waals surface area (Å²) < 4.78 is 0. The number of aryl methyl sites for hydroxylation is 1. The van der Waals surface area contributed by atoms with E-state index in [1.54, 1.807) is 0 Å². The van der Waals surface area contributed by atoms with Crippen LogP contribution < -0.4 is 21.3 Å². The summed E-state index contributed by atoms with van der Waals surface area (Å²) in [7, 11) is 1.83. The average Bonchev–Trinajstić information content (AvgIpc) is 3.33. The number of carbonyl (C=O) groups excluding carboxylic acids is 5. The molecule has 0 saturated heterocycles. The first-order valence-corrected chi connectivity index (χ1v) is 15.0. The molecule has 5 amide bonds. The summed E-state index contributed by atoms with van der Waals surface area (Å²) in [6.07, 6.45) is 6.74. The molecule has 10 nitrogen and oxygen atoms in total. The van der Waals surface area contributed by atoms with Crippen LogP contribution in [-0.2, 0) is 36.8 Å². The number of unbranched alkanes of at least 4 members (excludes halogenated alkanes) is 2. The Hall–Kier alpha value is -4.31. The second-order valence-corrected chi connectivity index (χ2v) is 10.6. The van der Waals surface area contributed by atoms with Crippen molar-refractivity contribution in [3.8, 4) is 0 Å². The number of anilines is 1. The monoisotopic (exact) mass is 589 g/mol. The number of imide groups is 1. The zero-order chi connectivity index (χ0) is 31.0. The van der Waals surface area contributed by atoms with E-state index in [0.717, 1.165) is 17.5 Å². The Bertz CT molecular complexity index is 1240. The summed E-state index contributed by atoms with van der Waals surface area (Å²) in [4.78, 5) is 64.3. The number of hydrogen-bond donors (Lipinski definition) is 4. The van der Waals surface area contributed by atoms with Crippen molar-refractivity contribution >= 4 is 35.2 Å². The van der Waals surface area contributed by atoms with Crippen LogP contribution in [-0.4, -0.2) is 66.7 Å². The fraction of sp³-hybridized carbons (Fsp3) is 0.424. The van der Waals surface area contributed by atoms with Crippen LogP contribution in [0.4, 0.5) is 5.69 Å². The SMILES string of the molecule is CCc1ccc(NC(=O)[C@H](CCCNC)NC(=O)[C@H](Cc2ccccc2)NC(=O)CCCCCN2C(=O)C=CC2=O)cc1. The molecular formula is C33H43N5O5. The Morgan fingerprint density at radius 2 is 1.47 bits per heavy atom. The first-order valence-electron chi connectivity index (χ1n) is 15.0. The maximum absolute atomic E-state index is 13.6. The molecule has 1 heterocycles. The van der Waals surface area contributed by atoms with Crippen LogP contribution in [0.5, 0.6) is 0 Å². The van der Waals surface area contributed by atoms with Gasteiger partial charge in [0.05, 0.1) is 0 Å². The van der Waals surface area contributed by atoms with Gasteiger partial charge in [-0.25, -0.2) is 0 Å². The Morgan fingerprint density at radius 3 is 2.12 bits per heavy atom. The molecule has 0 radical (unpaired) electrons. The van der Waals surface area contributed by atoms with E-state index >= 15 is 0 Å². The third kappa shape index (κ3) is 11.1. The number of amides is 5. The molecule has 0 aliphatic carbocycles. The van der Waals surface area contributed by atoms with Gasteiger partial charge in [0.1, 0.15) is 12.1 Å². The molecule has 43 heavy (non-hydrogen) atoms. The summed E-state index contributed by atoms with van der Waals surface area (Å²) in [5, 5.41) is 11.7. The fourth-order valence-electron chi connectivity index (χ4n) is 4.79. The summed E-state index contributed by atoms with van der Waals surface area (Å²) in [5.74, 6) is -1.65. The normalized spacial score (nSPS) is 14.0. The molecule has 0 bridgehead atoms. The average molecular weight is 590 g/mol. The highest BCUT2D eigenvalue weighted by molar-refractivity contribution is 6.12. The van der Waals surface area contributed by atoms with E-state index in [0.29, 0.717) is 50.9 Å². The second kappa shape index (κ2) is 17.6. The standard InChI is InChI=1S/C33H43N5O5/c1-3-24-15-17-26(18-16-24)35-32(42)27(13-10-21-34-2)37-33(43)28(23-25-11-6-4-7-12-25)36-29(39)14-8-5-9-22-38-30(40)19-20-31(38)41/h4,6-7,11-12,15-20,27-28,34H,3,5,8-10,13-14,21-23H2,1-2H3,(H,35,42)(H,36,39)(H,37,43)/t27-,28-/m0/s1. The smallest absolute Gasteiger partial charge is 0.253 e. The first kappa shape index (κ1) is 33.2. The molecule has 230 valence electrons. The lowest BCUT2D eigenvalue weighted by atomic mass is 10.0. The van der Waals surface area contributed by atoms with Crippen LogP contribution in [0.15, 0.2) is 66.7 Å². The van der Waals surface area contributed by atoms with E-state index in [2.05, 4.69) is 28.2 Å². The number of carbonyl (C=O) groups is 5. The number of hydrogen-bond acceptors (Lipinski definition) is 6. The van der Waals surface area contributed by atoms with Gasteiger partial charge in [-0.05, 0) is 69.0 Å². The Kier molecular flexibility index (Phi) is 13.6. The molecule has 0 spiro atoms. The highest BCUT2D eigenvalue weighted by atomic mass is 16.2. The Labute approximate surface area is 253 Å². The van der Waals surface area contributed by atoms with Crippen molar-refractivity contribution in [1.29, 1.82) is 0 Å². The largest absolute Gasteiger partial charge is 0.344 e. The quantitative estimate of drug-likeness (QED) is 0.156. The molecule has 3 rings (SSSR count). The number of rotatable bonds is 18. The van der Waals surface area contributed by atoms with E-state index in [9.17, 15) is 24.0 Å². The third-order valence-electron chi connectivity index (χ3n) is 7.30. The highest BCUT2D eigenvalue weighted by Gasteiger charge is 2.27. The minimum absolute atomic E-state index is 0.193. The summed E-state index contributed by atoms with van der Waals surface area (Å²) in [5.41, 5.74) is 2.69. The third-order valence-corrected chi connectivity index (χ3v) is 7.30. The lowest BCUT2D eigenvalue weighted by Crippen LogP contribution is -2.53. The van der Waals surface area contributed by atoms with Crippen molar-refractivity contribution in [1.82, 2.24) is 20.9 Å². The van der Waals surface area contributed by atoms with E-state index in [1.165, 1.54) is 17.1 Å². The zero-order valence-electron chi connectivity index (χ0n) is 25.1. The topological polar surface area (TPSA) is 137 Å². The van der Waals surface area contributed by atoms with Gasteiger partial charge in [0.15, 0.2) is 0 Å². The molecule has 2 aromatic rings. The van der Waals surface area contributed by atoms with Crippen LogP contribution in [0, 0.1) is 0 Å². The van der Waals surface area contributed by atoms with E-state index < -0.39 is 18.0 Å². The molecule has 0 aromatic heterocycles. The van der Waals surface area contributed by atoms with Crippen LogP contribution in [0.3, 0.4) is 0 Å². The molecular weight excluding hydrogens is 546 g/mol. The maximum Gasteiger partial charge on any atom is 0.253 e. The molecule has 0 saturated carbocycles. The Morgan fingerprint density at radius 1 is 0.767 bits per heavy atom. The van der Waals surface area contributed by atoms with Crippen molar-refractivity contribution in [2.45, 2.75) is 70.4 Å². The van der Waals surface area contributed by atoms with Gasteiger partial charge in [-0.2, -0.15) is 0 Å². The minimum Gasteiger partial charge on any atom is -0.344 e. The summed E-state index contributed by atoms with van der Waals surface area (Å²) >= 11 is 0. The zero-order valence-corrected chi connectivity index (χ0v) is 25.1. The molecule has 2 atom stereocenters. The van der Waals surface area contributed by atoms with Gasteiger partial charge >= 0.3 is 0 Å². The molecule has 10 heteroatoms. The lowest BCUT2D eigenvalue weighted by Gasteiger charge is -2.23. The molecule has 1 aliphatic rings. The lowest BCUT2D eigenvalue weighted by molar-refractivity contribution is -0.137.